The smallest absolute Gasteiger partial charge is 0.293 e. The maximum absolute atomic E-state index is 12.6. The van der Waals surface area contributed by atoms with E-state index in [1.807, 2.05) is 31.3 Å². The topological polar surface area (TPSA) is 87.6 Å². The summed E-state index contributed by atoms with van der Waals surface area (Å²) in [5.41, 5.74) is 1.37. The number of nitrogens with one attached hydrogen (secondary N) is 1. The molecule has 148 valence electrons. The molecule has 9 heteroatoms. The molecule has 1 unspecified atom stereocenters. The molecule has 2 aromatic heterocycles. The highest BCUT2D eigenvalue weighted by Crippen LogP contribution is 2.31. The minimum absolute atomic E-state index is 0. The second kappa shape index (κ2) is 8.55. The molecule has 1 aliphatic rings. The minimum atomic E-state index is -0.247. The Morgan fingerprint density at radius 1 is 1.29 bits per heavy atom. The summed E-state index contributed by atoms with van der Waals surface area (Å²) in [4.78, 5) is 21.0. The molecule has 1 amide bonds. The van der Waals surface area contributed by atoms with Crippen molar-refractivity contribution in [3.05, 3.63) is 54.2 Å². The zero-order chi connectivity index (χ0) is 18.8. The first-order chi connectivity index (χ1) is 13.1. The predicted molar refractivity (Wildman–Crippen MR) is 107 cm³/mol. The number of carbonyl (C=O) groups excluding carboxylic acids is 1. The van der Waals surface area contributed by atoms with E-state index in [4.69, 9.17) is 8.94 Å². The van der Waals surface area contributed by atoms with Gasteiger partial charge in [0.15, 0.2) is 11.6 Å². The standard InChI is InChI=1S/C19H21N5O3.ClH/c1-23-10-9-20-12-15(23)17-21-18(27-22-17)13-6-3-4-7-14(13)24(2)19(25)16-8-5-11-26-16;/h3-8,11,15,20H,9-10,12H2,1-2H3;1H. The van der Waals surface area contributed by atoms with Crippen LogP contribution in [0.25, 0.3) is 11.5 Å². The Morgan fingerprint density at radius 2 is 2.11 bits per heavy atom. The van der Waals surface area contributed by atoms with E-state index in [1.54, 1.807) is 19.2 Å². The van der Waals surface area contributed by atoms with E-state index < -0.39 is 0 Å². The summed E-state index contributed by atoms with van der Waals surface area (Å²) in [6.45, 7) is 2.64. The number of hydrogen-bond acceptors (Lipinski definition) is 7. The fourth-order valence-electron chi connectivity index (χ4n) is 3.20. The number of piperazine rings is 1. The SMILES string of the molecule is CN(C(=O)c1ccco1)c1ccccc1-c1nc(C2CNCCN2C)no1.Cl. The van der Waals surface area contributed by atoms with Gasteiger partial charge < -0.3 is 19.2 Å². The van der Waals surface area contributed by atoms with Crippen LogP contribution < -0.4 is 10.2 Å². The van der Waals surface area contributed by atoms with E-state index in [0.717, 1.165) is 19.6 Å². The molecule has 1 atom stereocenters. The molecule has 8 nitrogen and oxygen atoms in total. The number of furan rings is 1. The van der Waals surface area contributed by atoms with E-state index in [0.29, 0.717) is 23.0 Å². The number of halogens is 1. The molecule has 4 rings (SSSR count). The van der Waals surface area contributed by atoms with Gasteiger partial charge >= 0.3 is 0 Å². The zero-order valence-electron chi connectivity index (χ0n) is 15.7. The fraction of sp³-hybridized carbons (Fsp3) is 0.316. The van der Waals surface area contributed by atoms with Crippen molar-refractivity contribution in [2.24, 2.45) is 0 Å². The highest BCUT2D eigenvalue weighted by molar-refractivity contribution is 6.05. The van der Waals surface area contributed by atoms with Crippen molar-refractivity contribution in [3.8, 4) is 11.5 Å². The van der Waals surface area contributed by atoms with Crippen LogP contribution in [0.5, 0.6) is 0 Å². The molecule has 0 aliphatic carbocycles. The number of para-hydroxylation sites is 1. The Bertz CT molecular complexity index is 927. The van der Waals surface area contributed by atoms with Gasteiger partial charge in [0, 0.05) is 26.7 Å². The average Bonchev–Trinajstić information content (AvgIpc) is 3.39. The van der Waals surface area contributed by atoms with Gasteiger partial charge in [-0.1, -0.05) is 17.3 Å². The number of nitrogens with zero attached hydrogens (tertiary/aromatic N) is 4. The normalized spacial score (nSPS) is 17.1. The lowest BCUT2D eigenvalue weighted by Crippen LogP contribution is -2.44. The third-order valence-electron chi connectivity index (χ3n) is 4.78. The molecule has 0 bridgehead atoms. The number of amides is 1. The average molecular weight is 404 g/mol. The Hall–Kier alpha value is -2.68. The minimum Gasteiger partial charge on any atom is -0.459 e. The summed E-state index contributed by atoms with van der Waals surface area (Å²) < 4.78 is 10.8. The lowest BCUT2D eigenvalue weighted by atomic mass is 10.1. The number of benzene rings is 1. The predicted octanol–water partition coefficient (Wildman–Crippen LogP) is 2.60. The van der Waals surface area contributed by atoms with E-state index in [2.05, 4.69) is 20.4 Å². The van der Waals surface area contributed by atoms with Crippen molar-refractivity contribution >= 4 is 24.0 Å². The van der Waals surface area contributed by atoms with Crippen molar-refractivity contribution in [2.75, 3.05) is 38.6 Å². The summed E-state index contributed by atoms with van der Waals surface area (Å²) in [6, 6.07) is 10.8. The van der Waals surface area contributed by atoms with Gasteiger partial charge in [0.2, 0.25) is 0 Å². The Morgan fingerprint density at radius 3 is 2.86 bits per heavy atom. The molecule has 3 heterocycles. The van der Waals surface area contributed by atoms with E-state index in [-0.39, 0.29) is 30.1 Å². The quantitative estimate of drug-likeness (QED) is 0.716. The van der Waals surface area contributed by atoms with E-state index in [1.165, 1.54) is 11.2 Å². The van der Waals surface area contributed by atoms with Crippen LogP contribution in [0.3, 0.4) is 0 Å². The zero-order valence-corrected chi connectivity index (χ0v) is 16.5. The maximum atomic E-state index is 12.6. The lowest BCUT2D eigenvalue weighted by molar-refractivity contribution is 0.0966. The fourth-order valence-corrected chi connectivity index (χ4v) is 3.20. The lowest BCUT2D eigenvalue weighted by Gasteiger charge is -2.30. The van der Waals surface area contributed by atoms with Gasteiger partial charge in [-0.2, -0.15) is 4.98 Å². The second-order valence-corrected chi connectivity index (χ2v) is 6.52. The van der Waals surface area contributed by atoms with E-state index in [9.17, 15) is 4.79 Å². The monoisotopic (exact) mass is 403 g/mol. The Balaban J connectivity index is 0.00000225. The van der Waals surface area contributed by atoms with Gasteiger partial charge in [0.05, 0.1) is 23.6 Å². The number of rotatable bonds is 4. The maximum Gasteiger partial charge on any atom is 0.293 e. The molecule has 1 N–H and O–H groups in total. The van der Waals surface area contributed by atoms with Gasteiger partial charge in [-0.25, -0.2) is 0 Å². The molecule has 0 radical (unpaired) electrons. The Labute approximate surface area is 168 Å². The van der Waals surface area contributed by atoms with Gasteiger partial charge in [0.1, 0.15) is 0 Å². The molecule has 0 spiro atoms. The first kappa shape index (κ1) is 20.1. The van der Waals surface area contributed by atoms with Crippen LogP contribution in [-0.2, 0) is 0 Å². The van der Waals surface area contributed by atoms with Crippen LogP contribution in [-0.4, -0.2) is 54.7 Å². The van der Waals surface area contributed by atoms with Crippen molar-refractivity contribution in [1.29, 1.82) is 0 Å². The van der Waals surface area contributed by atoms with Crippen LogP contribution in [0.4, 0.5) is 5.69 Å². The number of aromatic nitrogens is 2. The number of hydrogen-bond donors (Lipinski definition) is 1. The molecule has 3 aromatic rings. The molecule has 1 fully saturated rings. The summed E-state index contributed by atoms with van der Waals surface area (Å²) in [7, 11) is 3.74. The molecule has 1 saturated heterocycles. The van der Waals surface area contributed by atoms with Crippen LogP contribution in [0.15, 0.2) is 51.6 Å². The second-order valence-electron chi connectivity index (χ2n) is 6.52. The van der Waals surface area contributed by atoms with Gasteiger partial charge in [-0.15, -0.1) is 12.4 Å². The van der Waals surface area contributed by atoms with Crippen molar-refractivity contribution in [1.82, 2.24) is 20.4 Å². The molecule has 1 aliphatic heterocycles. The van der Waals surface area contributed by atoms with Gasteiger partial charge in [-0.3, -0.25) is 9.69 Å². The highest BCUT2D eigenvalue weighted by atomic mass is 35.5. The molecular formula is C19H22ClN5O3. The van der Waals surface area contributed by atoms with Crippen LogP contribution in [0.1, 0.15) is 22.4 Å². The van der Waals surface area contributed by atoms with Crippen LogP contribution in [0, 0.1) is 0 Å². The number of likely N-dealkylation sites (N-methyl/N-ethyl adjacent to an activating group) is 1. The van der Waals surface area contributed by atoms with Gasteiger partial charge in [-0.05, 0) is 31.3 Å². The molecule has 0 saturated carbocycles. The molecule has 1 aromatic carbocycles. The molecular weight excluding hydrogens is 382 g/mol. The summed E-state index contributed by atoms with van der Waals surface area (Å²) in [5, 5.41) is 7.52. The van der Waals surface area contributed by atoms with Crippen molar-refractivity contribution in [2.45, 2.75) is 6.04 Å². The first-order valence-electron chi connectivity index (χ1n) is 8.80. The number of anilines is 1. The third kappa shape index (κ3) is 3.80. The van der Waals surface area contributed by atoms with Crippen molar-refractivity contribution in [3.63, 3.8) is 0 Å². The summed E-state index contributed by atoms with van der Waals surface area (Å²) in [6.07, 6.45) is 1.48. The molecule has 28 heavy (non-hydrogen) atoms. The van der Waals surface area contributed by atoms with E-state index >= 15 is 0 Å². The van der Waals surface area contributed by atoms with Crippen LogP contribution >= 0.6 is 12.4 Å². The Kier molecular flexibility index (Phi) is 6.13. The largest absolute Gasteiger partial charge is 0.459 e. The highest BCUT2D eigenvalue weighted by Gasteiger charge is 2.27. The third-order valence-corrected chi connectivity index (χ3v) is 4.78. The summed E-state index contributed by atoms with van der Waals surface area (Å²) >= 11 is 0. The summed E-state index contributed by atoms with van der Waals surface area (Å²) in [5.74, 6) is 1.05. The van der Waals surface area contributed by atoms with Crippen molar-refractivity contribution < 1.29 is 13.7 Å². The van der Waals surface area contributed by atoms with Gasteiger partial charge in [0.25, 0.3) is 11.8 Å². The van der Waals surface area contributed by atoms with Crippen LogP contribution in [0.2, 0.25) is 0 Å². The first-order valence-corrected chi connectivity index (χ1v) is 8.80. The number of carbonyl (C=O) groups is 1.